The molecule has 0 aromatic carbocycles. The Kier molecular flexibility index (Phi) is 3.47. The zero-order valence-corrected chi connectivity index (χ0v) is 10.3. The van der Waals surface area contributed by atoms with E-state index in [4.69, 9.17) is 16.0 Å². The Bertz CT molecular complexity index is 557. The lowest BCUT2D eigenvalue weighted by molar-refractivity contribution is -0.384. The number of anilines is 1. The zero-order valence-electron chi connectivity index (χ0n) is 9.54. The van der Waals surface area contributed by atoms with Gasteiger partial charge < -0.3 is 9.32 Å². The molecule has 0 radical (unpaired) electrons. The Labute approximate surface area is 108 Å². The predicted molar refractivity (Wildman–Crippen MR) is 66.7 cm³/mol. The molecule has 0 aliphatic heterocycles. The van der Waals surface area contributed by atoms with Crippen LogP contribution in [-0.2, 0) is 6.54 Å². The molecular weight excluding hydrogens is 258 g/mol. The highest BCUT2D eigenvalue weighted by Gasteiger charge is 2.19. The monoisotopic (exact) mass is 267 g/mol. The van der Waals surface area contributed by atoms with E-state index in [0.717, 1.165) is 5.56 Å². The molecule has 0 atom stereocenters. The third-order valence-corrected chi connectivity index (χ3v) is 2.59. The van der Waals surface area contributed by atoms with E-state index in [1.54, 1.807) is 30.5 Å². The van der Waals surface area contributed by atoms with Gasteiger partial charge in [0.15, 0.2) is 0 Å². The molecule has 0 saturated carbocycles. The van der Waals surface area contributed by atoms with Crippen molar-refractivity contribution in [3.8, 4) is 0 Å². The van der Waals surface area contributed by atoms with Crippen molar-refractivity contribution < 1.29 is 9.34 Å². The van der Waals surface area contributed by atoms with Crippen LogP contribution in [0.1, 0.15) is 5.56 Å². The summed E-state index contributed by atoms with van der Waals surface area (Å²) in [6, 6.07) is 4.53. The summed E-state index contributed by atoms with van der Waals surface area (Å²) in [5.41, 5.74) is 0.818. The maximum absolute atomic E-state index is 10.9. The van der Waals surface area contributed by atoms with Gasteiger partial charge in [0.2, 0.25) is 5.82 Å². The largest absolute Gasteiger partial charge is 0.472 e. The van der Waals surface area contributed by atoms with Crippen LogP contribution in [0.3, 0.4) is 0 Å². The first-order chi connectivity index (χ1) is 8.58. The normalized spacial score (nSPS) is 10.3. The van der Waals surface area contributed by atoms with Crippen molar-refractivity contribution in [3.05, 3.63) is 51.6 Å². The number of hydrogen-bond acceptors (Lipinski definition) is 5. The number of nitrogens with zero attached hydrogens (tertiary/aromatic N) is 3. The van der Waals surface area contributed by atoms with Crippen LogP contribution in [0.2, 0.25) is 5.15 Å². The van der Waals surface area contributed by atoms with Crippen LogP contribution >= 0.6 is 11.6 Å². The minimum Gasteiger partial charge on any atom is -0.472 e. The molecule has 0 bridgehead atoms. The summed E-state index contributed by atoms with van der Waals surface area (Å²) < 4.78 is 4.95. The second-order valence-corrected chi connectivity index (χ2v) is 4.11. The van der Waals surface area contributed by atoms with Gasteiger partial charge in [-0.1, -0.05) is 11.6 Å². The van der Waals surface area contributed by atoms with Crippen molar-refractivity contribution in [3.63, 3.8) is 0 Å². The quantitative estimate of drug-likeness (QED) is 0.484. The van der Waals surface area contributed by atoms with Gasteiger partial charge in [-0.05, 0) is 12.1 Å². The first kappa shape index (κ1) is 12.4. The summed E-state index contributed by atoms with van der Waals surface area (Å²) in [6.45, 7) is 0.449. The number of aromatic nitrogens is 1. The standard InChI is InChI=1S/C11H10ClN3O3/c1-14(6-8-4-5-18-7-8)11-9(15(16)17)2-3-10(12)13-11/h2-5,7H,6H2,1H3. The molecule has 0 saturated heterocycles. The summed E-state index contributed by atoms with van der Waals surface area (Å²) in [4.78, 5) is 16.1. The molecule has 2 aromatic heterocycles. The van der Waals surface area contributed by atoms with Gasteiger partial charge in [-0.3, -0.25) is 10.1 Å². The lowest BCUT2D eigenvalue weighted by Gasteiger charge is -2.16. The first-order valence-electron chi connectivity index (χ1n) is 5.11. The molecular formula is C11H10ClN3O3. The van der Waals surface area contributed by atoms with Crippen LogP contribution in [0.15, 0.2) is 35.1 Å². The second-order valence-electron chi connectivity index (χ2n) is 3.72. The van der Waals surface area contributed by atoms with Crippen molar-refractivity contribution >= 4 is 23.1 Å². The topological polar surface area (TPSA) is 72.4 Å². The molecule has 18 heavy (non-hydrogen) atoms. The van der Waals surface area contributed by atoms with Gasteiger partial charge in [0, 0.05) is 25.2 Å². The Balaban J connectivity index is 2.31. The van der Waals surface area contributed by atoms with Gasteiger partial charge in [-0.25, -0.2) is 4.98 Å². The number of rotatable bonds is 4. The number of hydrogen-bond donors (Lipinski definition) is 0. The van der Waals surface area contributed by atoms with Crippen LogP contribution in [0.25, 0.3) is 0 Å². The fraction of sp³-hybridized carbons (Fsp3) is 0.182. The number of furan rings is 1. The molecule has 7 heteroatoms. The third-order valence-electron chi connectivity index (χ3n) is 2.38. The lowest BCUT2D eigenvalue weighted by atomic mass is 10.3. The second kappa shape index (κ2) is 5.05. The average molecular weight is 268 g/mol. The zero-order chi connectivity index (χ0) is 13.1. The van der Waals surface area contributed by atoms with Crippen molar-refractivity contribution in [2.45, 2.75) is 6.54 Å². The summed E-state index contributed by atoms with van der Waals surface area (Å²) in [5.74, 6) is 0.230. The number of nitro groups is 1. The summed E-state index contributed by atoms with van der Waals surface area (Å²) in [6.07, 6.45) is 3.12. The van der Waals surface area contributed by atoms with Gasteiger partial charge in [0.05, 0.1) is 17.4 Å². The van der Waals surface area contributed by atoms with Gasteiger partial charge in [-0.15, -0.1) is 0 Å². The van der Waals surface area contributed by atoms with E-state index in [1.165, 1.54) is 12.1 Å². The highest BCUT2D eigenvalue weighted by atomic mass is 35.5. The van der Waals surface area contributed by atoms with Gasteiger partial charge in [0.25, 0.3) is 0 Å². The minimum atomic E-state index is -0.482. The average Bonchev–Trinajstić information content (AvgIpc) is 2.81. The lowest BCUT2D eigenvalue weighted by Crippen LogP contribution is -2.18. The molecule has 0 unspecified atom stereocenters. The van der Waals surface area contributed by atoms with E-state index < -0.39 is 4.92 Å². The molecule has 94 valence electrons. The highest BCUT2D eigenvalue weighted by molar-refractivity contribution is 6.29. The van der Waals surface area contributed by atoms with E-state index in [-0.39, 0.29) is 16.7 Å². The molecule has 0 spiro atoms. The van der Waals surface area contributed by atoms with E-state index >= 15 is 0 Å². The SMILES string of the molecule is CN(Cc1ccoc1)c1nc(Cl)ccc1[N+](=O)[O-]. The van der Waals surface area contributed by atoms with Crippen LogP contribution in [0.4, 0.5) is 11.5 Å². The molecule has 0 fully saturated rings. The fourth-order valence-electron chi connectivity index (χ4n) is 1.57. The van der Waals surface area contributed by atoms with Crippen LogP contribution < -0.4 is 4.90 Å². The molecule has 0 aliphatic rings. The number of pyridine rings is 1. The van der Waals surface area contributed by atoms with Crippen LogP contribution in [0, 0.1) is 10.1 Å². The van der Waals surface area contributed by atoms with E-state index in [1.807, 2.05) is 0 Å². The predicted octanol–water partition coefficient (Wildman–Crippen LogP) is 2.87. The van der Waals surface area contributed by atoms with Crippen LogP contribution in [0.5, 0.6) is 0 Å². The highest BCUT2D eigenvalue weighted by Crippen LogP contribution is 2.27. The molecule has 6 nitrogen and oxygen atoms in total. The Morgan fingerprint density at radius 1 is 1.50 bits per heavy atom. The summed E-state index contributed by atoms with van der Waals surface area (Å²) in [7, 11) is 1.71. The maximum atomic E-state index is 10.9. The van der Waals surface area contributed by atoms with Crippen molar-refractivity contribution in [2.75, 3.05) is 11.9 Å². The molecule has 0 amide bonds. The van der Waals surface area contributed by atoms with Gasteiger partial charge in [0.1, 0.15) is 5.15 Å². The van der Waals surface area contributed by atoms with Crippen molar-refractivity contribution in [1.82, 2.24) is 4.98 Å². The molecule has 2 rings (SSSR count). The fourth-order valence-corrected chi connectivity index (χ4v) is 1.72. The van der Waals surface area contributed by atoms with E-state index in [2.05, 4.69) is 4.98 Å². The van der Waals surface area contributed by atoms with Gasteiger partial charge in [-0.2, -0.15) is 0 Å². The molecule has 0 aliphatic carbocycles. The van der Waals surface area contributed by atoms with Crippen molar-refractivity contribution in [1.29, 1.82) is 0 Å². The molecule has 0 N–H and O–H groups in total. The molecule has 2 heterocycles. The Morgan fingerprint density at radius 3 is 2.89 bits per heavy atom. The van der Waals surface area contributed by atoms with Gasteiger partial charge >= 0.3 is 5.69 Å². The number of halogens is 1. The van der Waals surface area contributed by atoms with E-state index in [0.29, 0.717) is 6.54 Å². The van der Waals surface area contributed by atoms with Crippen LogP contribution in [-0.4, -0.2) is 17.0 Å². The summed E-state index contributed by atoms with van der Waals surface area (Å²) >= 11 is 5.77. The smallest absolute Gasteiger partial charge is 0.311 e. The maximum Gasteiger partial charge on any atom is 0.311 e. The minimum absolute atomic E-state index is 0.0783. The Hall–Kier alpha value is -2.08. The Morgan fingerprint density at radius 2 is 2.28 bits per heavy atom. The van der Waals surface area contributed by atoms with Crippen molar-refractivity contribution in [2.24, 2.45) is 0 Å². The molecule has 2 aromatic rings. The summed E-state index contributed by atoms with van der Waals surface area (Å²) in [5, 5.41) is 11.1. The van der Waals surface area contributed by atoms with E-state index in [9.17, 15) is 10.1 Å². The third kappa shape index (κ3) is 2.60. The first-order valence-corrected chi connectivity index (χ1v) is 5.49.